The third-order valence-corrected chi connectivity index (χ3v) is 3.45. The first-order valence-corrected chi connectivity index (χ1v) is 6.96. The third kappa shape index (κ3) is 5.14. The van der Waals surface area contributed by atoms with Gasteiger partial charge < -0.3 is 10.2 Å². The molecule has 104 valence electrons. The SMILES string of the molecule is CCN(CC)CCCC(C)NCc1cnnn1C. The molecule has 18 heavy (non-hydrogen) atoms. The van der Waals surface area contributed by atoms with Crippen LogP contribution in [-0.2, 0) is 13.6 Å². The molecule has 0 aliphatic rings. The van der Waals surface area contributed by atoms with Crippen LogP contribution in [0.1, 0.15) is 39.3 Å². The van der Waals surface area contributed by atoms with Crippen LogP contribution in [0.25, 0.3) is 0 Å². The molecule has 1 heterocycles. The van der Waals surface area contributed by atoms with Crippen LogP contribution in [0.4, 0.5) is 0 Å². The van der Waals surface area contributed by atoms with Crippen LogP contribution in [0.3, 0.4) is 0 Å². The highest BCUT2D eigenvalue weighted by Gasteiger charge is 2.05. The summed E-state index contributed by atoms with van der Waals surface area (Å²) in [6.07, 6.45) is 4.27. The van der Waals surface area contributed by atoms with E-state index in [1.807, 2.05) is 17.9 Å². The van der Waals surface area contributed by atoms with E-state index >= 15 is 0 Å². The zero-order chi connectivity index (χ0) is 13.4. The number of nitrogens with one attached hydrogen (secondary N) is 1. The van der Waals surface area contributed by atoms with Crippen LogP contribution in [0.2, 0.25) is 0 Å². The van der Waals surface area contributed by atoms with E-state index in [1.165, 1.54) is 19.4 Å². The molecule has 1 aromatic heterocycles. The molecule has 1 atom stereocenters. The fourth-order valence-corrected chi connectivity index (χ4v) is 2.01. The van der Waals surface area contributed by atoms with Crippen LogP contribution in [0.5, 0.6) is 0 Å². The number of hydrogen-bond donors (Lipinski definition) is 1. The minimum absolute atomic E-state index is 0.537. The van der Waals surface area contributed by atoms with Crippen molar-refractivity contribution in [2.45, 2.75) is 46.2 Å². The first kappa shape index (κ1) is 15.1. The molecule has 0 amide bonds. The molecule has 0 aromatic carbocycles. The Labute approximate surface area is 111 Å². The predicted molar refractivity (Wildman–Crippen MR) is 74.3 cm³/mol. The van der Waals surface area contributed by atoms with Crippen LogP contribution in [0, 0.1) is 0 Å². The Kier molecular flexibility index (Phi) is 6.90. The topological polar surface area (TPSA) is 46.0 Å². The second kappa shape index (κ2) is 8.21. The average Bonchev–Trinajstić information content (AvgIpc) is 2.78. The predicted octanol–water partition coefficient (Wildman–Crippen LogP) is 1.42. The van der Waals surface area contributed by atoms with Crippen LogP contribution >= 0.6 is 0 Å². The molecule has 0 radical (unpaired) electrons. The van der Waals surface area contributed by atoms with E-state index in [-0.39, 0.29) is 0 Å². The van der Waals surface area contributed by atoms with Crippen molar-refractivity contribution in [1.29, 1.82) is 0 Å². The summed E-state index contributed by atoms with van der Waals surface area (Å²) < 4.78 is 1.82. The van der Waals surface area contributed by atoms with Crippen LogP contribution < -0.4 is 5.32 Å². The first-order valence-electron chi connectivity index (χ1n) is 6.96. The van der Waals surface area contributed by atoms with Crippen LogP contribution in [-0.4, -0.2) is 45.6 Å². The number of aromatic nitrogens is 3. The van der Waals surface area contributed by atoms with Gasteiger partial charge in [-0.2, -0.15) is 0 Å². The standard InChI is InChI=1S/C13H27N5/c1-5-18(6-2)9-7-8-12(3)14-10-13-11-15-16-17(13)4/h11-12,14H,5-10H2,1-4H3. The van der Waals surface area contributed by atoms with E-state index < -0.39 is 0 Å². The molecular weight excluding hydrogens is 226 g/mol. The monoisotopic (exact) mass is 253 g/mol. The number of hydrogen-bond acceptors (Lipinski definition) is 4. The maximum Gasteiger partial charge on any atom is 0.0738 e. The lowest BCUT2D eigenvalue weighted by Gasteiger charge is -2.19. The summed E-state index contributed by atoms with van der Waals surface area (Å²) in [6.45, 7) is 11.0. The lowest BCUT2D eigenvalue weighted by atomic mass is 10.1. The molecule has 0 aliphatic carbocycles. The minimum Gasteiger partial charge on any atom is -0.309 e. The first-order chi connectivity index (χ1) is 8.67. The highest BCUT2D eigenvalue weighted by Crippen LogP contribution is 2.01. The maximum atomic E-state index is 3.92. The molecule has 0 bridgehead atoms. The normalized spacial score (nSPS) is 13.2. The van der Waals surface area contributed by atoms with Crippen molar-refractivity contribution in [3.63, 3.8) is 0 Å². The van der Waals surface area contributed by atoms with Crippen LogP contribution in [0.15, 0.2) is 6.20 Å². The summed E-state index contributed by atoms with van der Waals surface area (Å²) in [6, 6.07) is 0.537. The molecule has 0 saturated carbocycles. The van der Waals surface area contributed by atoms with Gasteiger partial charge in [-0.05, 0) is 39.4 Å². The Balaban J connectivity index is 2.14. The molecule has 0 saturated heterocycles. The minimum atomic E-state index is 0.537. The lowest BCUT2D eigenvalue weighted by Crippen LogP contribution is -2.29. The Morgan fingerprint density at radius 3 is 2.67 bits per heavy atom. The highest BCUT2D eigenvalue weighted by molar-refractivity contribution is 4.92. The van der Waals surface area contributed by atoms with E-state index in [4.69, 9.17) is 0 Å². The van der Waals surface area contributed by atoms with Gasteiger partial charge in [-0.15, -0.1) is 5.10 Å². The van der Waals surface area contributed by atoms with Gasteiger partial charge in [0.15, 0.2) is 0 Å². The molecule has 5 nitrogen and oxygen atoms in total. The summed E-state index contributed by atoms with van der Waals surface area (Å²) in [5, 5.41) is 11.3. The van der Waals surface area contributed by atoms with E-state index in [2.05, 4.69) is 41.3 Å². The maximum absolute atomic E-state index is 3.92. The third-order valence-electron chi connectivity index (χ3n) is 3.45. The van der Waals surface area contributed by atoms with Gasteiger partial charge in [0, 0.05) is 19.6 Å². The Morgan fingerprint density at radius 2 is 2.11 bits per heavy atom. The fourth-order valence-electron chi connectivity index (χ4n) is 2.01. The smallest absolute Gasteiger partial charge is 0.0738 e. The number of nitrogens with zero attached hydrogens (tertiary/aromatic N) is 4. The quantitative estimate of drug-likeness (QED) is 0.723. The lowest BCUT2D eigenvalue weighted by molar-refractivity contribution is 0.290. The van der Waals surface area contributed by atoms with Crippen molar-refractivity contribution in [2.24, 2.45) is 7.05 Å². The summed E-state index contributed by atoms with van der Waals surface area (Å²) in [5.74, 6) is 0. The van der Waals surface area contributed by atoms with Gasteiger partial charge in [0.1, 0.15) is 0 Å². The molecular formula is C13H27N5. The second-order valence-corrected chi connectivity index (χ2v) is 4.80. The van der Waals surface area contributed by atoms with E-state index in [1.54, 1.807) is 0 Å². The average molecular weight is 253 g/mol. The van der Waals surface area contributed by atoms with Gasteiger partial charge in [-0.25, -0.2) is 0 Å². The molecule has 0 spiro atoms. The van der Waals surface area contributed by atoms with Crippen molar-refractivity contribution in [3.05, 3.63) is 11.9 Å². The van der Waals surface area contributed by atoms with Crippen molar-refractivity contribution in [2.75, 3.05) is 19.6 Å². The zero-order valence-electron chi connectivity index (χ0n) is 12.2. The Morgan fingerprint density at radius 1 is 1.39 bits per heavy atom. The summed E-state index contributed by atoms with van der Waals surface area (Å²) in [5.41, 5.74) is 1.13. The van der Waals surface area contributed by atoms with E-state index in [0.29, 0.717) is 6.04 Å². The molecule has 1 rings (SSSR count). The van der Waals surface area contributed by atoms with E-state index in [9.17, 15) is 0 Å². The molecule has 0 aliphatic heterocycles. The van der Waals surface area contributed by atoms with Crippen molar-refractivity contribution in [1.82, 2.24) is 25.2 Å². The highest BCUT2D eigenvalue weighted by atomic mass is 15.4. The molecule has 1 aromatic rings. The second-order valence-electron chi connectivity index (χ2n) is 4.80. The molecule has 5 heteroatoms. The largest absolute Gasteiger partial charge is 0.309 e. The Hall–Kier alpha value is -0.940. The van der Waals surface area contributed by atoms with E-state index in [0.717, 1.165) is 25.3 Å². The fraction of sp³-hybridized carbons (Fsp3) is 0.846. The summed E-state index contributed by atoms with van der Waals surface area (Å²) >= 11 is 0. The molecule has 1 unspecified atom stereocenters. The summed E-state index contributed by atoms with van der Waals surface area (Å²) in [7, 11) is 1.93. The van der Waals surface area contributed by atoms with Gasteiger partial charge >= 0.3 is 0 Å². The van der Waals surface area contributed by atoms with Gasteiger partial charge in [0.2, 0.25) is 0 Å². The zero-order valence-corrected chi connectivity index (χ0v) is 12.2. The van der Waals surface area contributed by atoms with Gasteiger partial charge in [-0.3, -0.25) is 4.68 Å². The van der Waals surface area contributed by atoms with Crippen molar-refractivity contribution >= 4 is 0 Å². The molecule has 1 N–H and O–H groups in total. The number of rotatable bonds is 9. The Bertz CT molecular complexity index is 319. The van der Waals surface area contributed by atoms with Gasteiger partial charge in [-0.1, -0.05) is 19.1 Å². The van der Waals surface area contributed by atoms with Gasteiger partial charge in [0.05, 0.1) is 11.9 Å². The van der Waals surface area contributed by atoms with Gasteiger partial charge in [0.25, 0.3) is 0 Å². The van der Waals surface area contributed by atoms with Crippen molar-refractivity contribution < 1.29 is 0 Å². The number of aryl methyl sites for hydroxylation is 1. The molecule has 0 fully saturated rings. The van der Waals surface area contributed by atoms with Crippen molar-refractivity contribution in [3.8, 4) is 0 Å². The summed E-state index contributed by atoms with van der Waals surface area (Å²) in [4.78, 5) is 2.47.